The third-order valence-electron chi connectivity index (χ3n) is 4.77. The Balaban J connectivity index is 1.82. The van der Waals surface area contributed by atoms with Gasteiger partial charge in [-0.3, -0.25) is 29.4 Å². The Kier molecular flexibility index (Phi) is 7.43. The first-order valence-corrected chi connectivity index (χ1v) is 10.5. The van der Waals surface area contributed by atoms with Crippen LogP contribution in [0, 0.1) is 10.1 Å². The fraction of sp³-hybridized carbons (Fsp3) is 0.190. The lowest BCUT2D eigenvalue weighted by molar-refractivity contribution is -0.386. The van der Waals surface area contributed by atoms with Gasteiger partial charge in [-0.15, -0.1) is 0 Å². The van der Waals surface area contributed by atoms with Crippen LogP contribution in [0.2, 0.25) is 0 Å². The number of nitrogens with one attached hydrogen (secondary N) is 1. The maximum absolute atomic E-state index is 13.0. The number of rotatable bonds is 7. The molecule has 1 aliphatic rings. The van der Waals surface area contributed by atoms with Gasteiger partial charge in [0.2, 0.25) is 11.7 Å². The predicted molar refractivity (Wildman–Crippen MR) is 121 cm³/mol. The molecule has 1 aliphatic heterocycles. The van der Waals surface area contributed by atoms with E-state index in [1.165, 1.54) is 13.2 Å². The lowest BCUT2D eigenvalue weighted by atomic mass is 10.1. The number of phenols is 1. The van der Waals surface area contributed by atoms with E-state index >= 15 is 0 Å². The van der Waals surface area contributed by atoms with E-state index in [9.17, 15) is 42.8 Å². The first-order valence-electron chi connectivity index (χ1n) is 9.71. The van der Waals surface area contributed by atoms with Gasteiger partial charge in [0.1, 0.15) is 12.3 Å². The van der Waals surface area contributed by atoms with E-state index in [2.05, 4.69) is 5.32 Å². The molecule has 2 aromatic rings. The highest BCUT2D eigenvalue weighted by atomic mass is 32.2. The van der Waals surface area contributed by atoms with Crippen molar-refractivity contribution in [3.05, 3.63) is 56.5 Å². The van der Waals surface area contributed by atoms with Crippen molar-refractivity contribution in [3.8, 4) is 17.2 Å². The molecule has 0 bridgehead atoms. The number of phenolic OH excluding ortho intramolecular Hbond substituents is 1. The highest BCUT2D eigenvalue weighted by Crippen LogP contribution is 2.39. The number of benzene rings is 2. The zero-order valence-corrected chi connectivity index (χ0v) is 19.2. The Bertz CT molecular complexity index is 1300. The molecule has 0 atom stereocenters. The maximum atomic E-state index is 13.0. The van der Waals surface area contributed by atoms with E-state index in [0.717, 1.165) is 31.4 Å². The molecule has 15 heteroatoms. The number of carbonyl (C=O) groups excluding carboxylic acids is 3. The molecule has 11 nitrogen and oxygen atoms in total. The molecule has 0 aromatic heterocycles. The van der Waals surface area contributed by atoms with Crippen LogP contribution in [-0.2, 0) is 15.8 Å². The zero-order chi connectivity index (χ0) is 26.8. The van der Waals surface area contributed by atoms with Gasteiger partial charge in [-0.1, -0.05) is 0 Å². The summed E-state index contributed by atoms with van der Waals surface area (Å²) in [6.07, 6.45) is -3.55. The Morgan fingerprint density at radius 2 is 1.86 bits per heavy atom. The first-order chi connectivity index (χ1) is 16.8. The van der Waals surface area contributed by atoms with Crippen LogP contribution in [0.3, 0.4) is 0 Å². The number of alkyl halides is 3. The van der Waals surface area contributed by atoms with Gasteiger partial charge in [0, 0.05) is 6.07 Å². The molecule has 2 N–H and O–H groups in total. The topological polar surface area (TPSA) is 148 Å². The van der Waals surface area contributed by atoms with Crippen LogP contribution in [0.4, 0.5) is 29.3 Å². The number of methoxy groups -OCH3 is 2. The average molecular weight is 527 g/mol. The minimum atomic E-state index is -4.69. The normalized spacial score (nSPS) is 14.8. The van der Waals surface area contributed by atoms with E-state index in [1.54, 1.807) is 0 Å². The van der Waals surface area contributed by atoms with Gasteiger partial charge in [-0.25, -0.2) is 0 Å². The van der Waals surface area contributed by atoms with E-state index in [0.29, 0.717) is 22.7 Å². The minimum Gasteiger partial charge on any atom is -0.500 e. The quantitative estimate of drug-likeness (QED) is 0.309. The van der Waals surface area contributed by atoms with Gasteiger partial charge in [-0.05, 0) is 47.7 Å². The van der Waals surface area contributed by atoms with E-state index in [1.807, 2.05) is 0 Å². The lowest BCUT2D eigenvalue weighted by Gasteiger charge is -2.16. The Labute approximate surface area is 204 Å². The molecular weight excluding hydrogens is 511 g/mol. The lowest BCUT2D eigenvalue weighted by Crippen LogP contribution is -2.36. The molecule has 0 radical (unpaired) electrons. The number of amides is 3. The highest BCUT2D eigenvalue weighted by Gasteiger charge is 2.37. The molecule has 0 aliphatic carbocycles. The zero-order valence-electron chi connectivity index (χ0n) is 18.4. The van der Waals surface area contributed by atoms with Gasteiger partial charge in [0.05, 0.1) is 35.3 Å². The number of nitrogens with zero attached hydrogens (tertiary/aromatic N) is 2. The maximum Gasteiger partial charge on any atom is 0.416 e. The summed E-state index contributed by atoms with van der Waals surface area (Å²) in [5.74, 6) is -2.93. The van der Waals surface area contributed by atoms with Gasteiger partial charge < -0.3 is 19.9 Å². The second-order valence-electron chi connectivity index (χ2n) is 7.08. The molecular formula is C21H16F3N3O8S. The van der Waals surface area contributed by atoms with Crippen molar-refractivity contribution in [1.29, 1.82) is 0 Å². The molecule has 36 heavy (non-hydrogen) atoms. The van der Waals surface area contributed by atoms with Gasteiger partial charge in [0.15, 0.2) is 5.75 Å². The second-order valence-corrected chi connectivity index (χ2v) is 8.07. The number of carbonyl (C=O) groups is 3. The van der Waals surface area contributed by atoms with Crippen LogP contribution in [0.5, 0.6) is 17.2 Å². The van der Waals surface area contributed by atoms with Crippen LogP contribution in [0.15, 0.2) is 35.2 Å². The number of ether oxygens (including phenoxy) is 2. The summed E-state index contributed by atoms with van der Waals surface area (Å²) in [5, 5.41) is 22.4. The number of hydrogen-bond donors (Lipinski definition) is 2. The van der Waals surface area contributed by atoms with Crippen molar-refractivity contribution in [3.63, 3.8) is 0 Å². The third kappa shape index (κ3) is 5.51. The van der Waals surface area contributed by atoms with Crippen LogP contribution in [0.1, 0.15) is 11.1 Å². The van der Waals surface area contributed by atoms with Crippen LogP contribution in [0.25, 0.3) is 6.08 Å². The number of nitro benzene ring substituents is 1. The van der Waals surface area contributed by atoms with Crippen molar-refractivity contribution in [1.82, 2.24) is 4.90 Å². The average Bonchev–Trinajstić information content (AvgIpc) is 3.06. The summed E-state index contributed by atoms with van der Waals surface area (Å²) in [4.78, 5) is 48.1. The van der Waals surface area contributed by atoms with Crippen molar-refractivity contribution < 1.29 is 47.1 Å². The fourth-order valence-corrected chi connectivity index (χ4v) is 3.93. The Morgan fingerprint density at radius 1 is 1.19 bits per heavy atom. The number of nitro groups is 1. The summed E-state index contributed by atoms with van der Waals surface area (Å²) >= 11 is 0.442. The molecule has 0 saturated carbocycles. The molecule has 3 amide bonds. The number of imide groups is 1. The fourth-order valence-electron chi connectivity index (χ4n) is 3.09. The van der Waals surface area contributed by atoms with Crippen molar-refractivity contribution in [2.45, 2.75) is 6.18 Å². The third-order valence-corrected chi connectivity index (χ3v) is 5.68. The SMILES string of the molecule is COc1ccc(C(F)(F)F)cc1NC(=O)CN1C(=O)S/C(=C\c2cc(OC)c(O)c([N+](=O)[O-])c2)C1=O. The standard InChI is InChI=1S/C21H16F3N3O8S/c1-34-14-4-3-11(21(22,23)24)8-12(14)25-17(28)9-26-19(30)16(36-20(26)31)7-10-5-13(27(32)33)18(29)15(6-10)35-2/h3-8,29H,9H2,1-2H3,(H,25,28)/b16-7-. The summed E-state index contributed by atoms with van der Waals surface area (Å²) < 4.78 is 48.9. The molecule has 0 unspecified atom stereocenters. The smallest absolute Gasteiger partial charge is 0.416 e. The first kappa shape index (κ1) is 26.3. The van der Waals surface area contributed by atoms with Crippen molar-refractivity contribution in [2.75, 3.05) is 26.1 Å². The summed E-state index contributed by atoms with van der Waals surface area (Å²) in [5.41, 5.74) is -2.01. The second kappa shape index (κ2) is 10.2. The van der Waals surface area contributed by atoms with Crippen LogP contribution in [-0.4, -0.2) is 52.7 Å². The molecule has 1 fully saturated rings. The summed E-state index contributed by atoms with van der Waals surface area (Å²) in [6, 6.07) is 4.57. The van der Waals surface area contributed by atoms with E-state index in [4.69, 9.17) is 9.47 Å². The van der Waals surface area contributed by atoms with Gasteiger partial charge >= 0.3 is 11.9 Å². The molecule has 3 rings (SSSR count). The van der Waals surface area contributed by atoms with Gasteiger partial charge in [-0.2, -0.15) is 13.2 Å². The molecule has 0 spiro atoms. The molecule has 2 aromatic carbocycles. The Hall–Kier alpha value is -4.27. The largest absolute Gasteiger partial charge is 0.500 e. The number of thioether (sulfide) groups is 1. The predicted octanol–water partition coefficient (Wildman–Crippen LogP) is 4.01. The molecule has 190 valence electrons. The van der Waals surface area contributed by atoms with Gasteiger partial charge in [0.25, 0.3) is 11.1 Å². The summed E-state index contributed by atoms with van der Waals surface area (Å²) in [6.45, 7) is -0.819. The number of halogens is 3. The van der Waals surface area contributed by atoms with E-state index < -0.39 is 51.7 Å². The minimum absolute atomic E-state index is 0.0556. The molecule has 1 heterocycles. The number of anilines is 1. The Morgan fingerprint density at radius 3 is 2.44 bits per heavy atom. The van der Waals surface area contributed by atoms with E-state index in [-0.39, 0.29) is 27.7 Å². The summed E-state index contributed by atoms with van der Waals surface area (Å²) in [7, 11) is 2.34. The van der Waals surface area contributed by atoms with Crippen molar-refractivity contribution in [2.24, 2.45) is 0 Å². The number of aromatic hydroxyl groups is 1. The number of hydrogen-bond acceptors (Lipinski definition) is 9. The van der Waals surface area contributed by atoms with Crippen LogP contribution < -0.4 is 14.8 Å². The van der Waals surface area contributed by atoms with Crippen LogP contribution >= 0.6 is 11.8 Å². The monoisotopic (exact) mass is 527 g/mol. The highest BCUT2D eigenvalue weighted by molar-refractivity contribution is 8.18. The molecule has 1 saturated heterocycles. The van der Waals surface area contributed by atoms with Crippen molar-refractivity contribution >= 4 is 46.3 Å².